The van der Waals surface area contributed by atoms with Gasteiger partial charge in [-0.3, -0.25) is 0 Å². The van der Waals surface area contributed by atoms with Gasteiger partial charge in [0, 0.05) is 17.0 Å². The fourth-order valence-corrected chi connectivity index (χ4v) is 3.09. The van der Waals surface area contributed by atoms with Crippen LogP contribution in [0.3, 0.4) is 0 Å². The van der Waals surface area contributed by atoms with E-state index in [1.165, 1.54) is 11.0 Å². The van der Waals surface area contributed by atoms with Crippen molar-refractivity contribution in [2.75, 3.05) is 7.11 Å². The number of benzene rings is 2. The van der Waals surface area contributed by atoms with E-state index in [0.717, 1.165) is 35.3 Å². The van der Waals surface area contributed by atoms with Crippen molar-refractivity contribution in [3.8, 4) is 11.5 Å². The van der Waals surface area contributed by atoms with Crippen LogP contribution in [0.4, 0.5) is 0 Å². The standard InChI is InChI=1S/C21H24O2/c1-15(2)8-7-12-21(3)13-11-18-16-9-5-6-10-17(16)19(22-4)14-20(18)23-21/h5-6,8-11,13-14H,7,12H2,1-4H3. The van der Waals surface area contributed by atoms with Crippen LogP contribution in [0, 0.1) is 0 Å². The molecule has 0 N–H and O–H groups in total. The highest BCUT2D eigenvalue weighted by Gasteiger charge is 2.28. The largest absolute Gasteiger partial charge is 0.496 e. The predicted molar refractivity (Wildman–Crippen MR) is 97.2 cm³/mol. The average molecular weight is 308 g/mol. The van der Waals surface area contributed by atoms with Gasteiger partial charge in [0.05, 0.1) is 7.11 Å². The third kappa shape index (κ3) is 3.12. The Hall–Kier alpha value is -2.22. The molecule has 0 radical (unpaired) electrons. The molecular formula is C21H24O2. The Bertz CT molecular complexity index is 782. The first kappa shape index (κ1) is 15.7. The topological polar surface area (TPSA) is 18.5 Å². The molecule has 3 rings (SSSR count). The molecule has 2 nitrogen and oxygen atoms in total. The van der Waals surface area contributed by atoms with Crippen LogP contribution in [0.2, 0.25) is 0 Å². The number of hydrogen-bond acceptors (Lipinski definition) is 2. The van der Waals surface area contributed by atoms with Crippen LogP contribution in [-0.2, 0) is 0 Å². The number of ether oxygens (including phenoxy) is 2. The van der Waals surface area contributed by atoms with E-state index in [0.29, 0.717) is 0 Å². The smallest absolute Gasteiger partial charge is 0.132 e. The minimum Gasteiger partial charge on any atom is -0.496 e. The van der Waals surface area contributed by atoms with Crippen LogP contribution >= 0.6 is 0 Å². The van der Waals surface area contributed by atoms with Gasteiger partial charge in [-0.25, -0.2) is 0 Å². The molecule has 1 aliphatic rings. The molecule has 2 aromatic carbocycles. The molecule has 0 aliphatic carbocycles. The van der Waals surface area contributed by atoms with Crippen LogP contribution in [-0.4, -0.2) is 12.7 Å². The van der Waals surface area contributed by atoms with Crippen LogP contribution in [0.1, 0.15) is 39.2 Å². The van der Waals surface area contributed by atoms with E-state index in [-0.39, 0.29) is 5.60 Å². The normalized spacial score (nSPS) is 19.1. The monoisotopic (exact) mass is 308 g/mol. The van der Waals surface area contributed by atoms with Crippen LogP contribution in [0.25, 0.3) is 16.8 Å². The van der Waals surface area contributed by atoms with Gasteiger partial charge in [0.1, 0.15) is 17.1 Å². The summed E-state index contributed by atoms with van der Waals surface area (Å²) in [6.07, 6.45) is 8.63. The summed E-state index contributed by atoms with van der Waals surface area (Å²) in [6.45, 7) is 6.41. The van der Waals surface area contributed by atoms with Gasteiger partial charge >= 0.3 is 0 Å². The molecule has 0 amide bonds. The van der Waals surface area contributed by atoms with Crippen molar-refractivity contribution in [3.63, 3.8) is 0 Å². The summed E-state index contributed by atoms with van der Waals surface area (Å²) in [4.78, 5) is 0. The second kappa shape index (κ2) is 6.11. The van der Waals surface area contributed by atoms with Crippen molar-refractivity contribution in [1.82, 2.24) is 0 Å². The minimum absolute atomic E-state index is 0.271. The first-order valence-corrected chi connectivity index (χ1v) is 8.14. The highest BCUT2D eigenvalue weighted by atomic mass is 16.5. The first-order valence-electron chi connectivity index (χ1n) is 8.14. The van der Waals surface area contributed by atoms with Gasteiger partial charge in [-0.05, 0) is 45.1 Å². The zero-order valence-corrected chi connectivity index (χ0v) is 14.3. The molecule has 1 atom stereocenters. The van der Waals surface area contributed by atoms with E-state index in [1.807, 2.05) is 12.1 Å². The van der Waals surface area contributed by atoms with Crippen molar-refractivity contribution in [2.45, 2.75) is 39.2 Å². The quantitative estimate of drug-likeness (QED) is 0.669. The molecule has 1 unspecified atom stereocenters. The van der Waals surface area contributed by atoms with Crippen LogP contribution < -0.4 is 9.47 Å². The Kier molecular flexibility index (Phi) is 4.16. The van der Waals surface area contributed by atoms with Gasteiger partial charge in [0.25, 0.3) is 0 Å². The molecule has 120 valence electrons. The minimum atomic E-state index is -0.271. The second-order valence-electron chi connectivity index (χ2n) is 6.60. The molecule has 0 bridgehead atoms. The van der Waals surface area contributed by atoms with E-state index < -0.39 is 0 Å². The summed E-state index contributed by atoms with van der Waals surface area (Å²) in [5.74, 6) is 1.77. The summed E-state index contributed by atoms with van der Waals surface area (Å²) in [5, 5.41) is 2.29. The van der Waals surface area contributed by atoms with Gasteiger partial charge in [0.2, 0.25) is 0 Å². The number of fused-ring (bicyclic) bond motifs is 3. The maximum Gasteiger partial charge on any atom is 0.132 e. The summed E-state index contributed by atoms with van der Waals surface area (Å²) in [6, 6.07) is 10.3. The fourth-order valence-electron chi connectivity index (χ4n) is 3.09. The van der Waals surface area contributed by atoms with Crippen molar-refractivity contribution < 1.29 is 9.47 Å². The van der Waals surface area contributed by atoms with E-state index in [4.69, 9.17) is 9.47 Å². The lowest BCUT2D eigenvalue weighted by molar-refractivity contribution is 0.128. The van der Waals surface area contributed by atoms with E-state index >= 15 is 0 Å². The summed E-state index contributed by atoms with van der Waals surface area (Å²) < 4.78 is 11.9. The number of rotatable bonds is 4. The van der Waals surface area contributed by atoms with Crippen molar-refractivity contribution in [2.24, 2.45) is 0 Å². The van der Waals surface area contributed by atoms with Gasteiger partial charge in [0.15, 0.2) is 0 Å². The molecular weight excluding hydrogens is 284 g/mol. The molecule has 23 heavy (non-hydrogen) atoms. The van der Waals surface area contributed by atoms with Gasteiger partial charge in [-0.15, -0.1) is 0 Å². The highest BCUT2D eigenvalue weighted by Crippen LogP contribution is 2.41. The number of methoxy groups -OCH3 is 1. The molecule has 2 heteroatoms. The molecule has 0 saturated heterocycles. The van der Waals surface area contributed by atoms with Crippen molar-refractivity contribution in [1.29, 1.82) is 0 Å². The lowest BCUT2D eigenvalue weighted by Gasteiger charge is -2.32. The molecule has 1 aliphatic heterocycles. The Labute approximate surface area is 138 Å². The maximum atomic E-state index is 6.36. The van der Waals surface area contributed by atoms with Crippen molar-refractivity contribution >= 4 is 16.8 Å². The zero-order valence-electron chi connectivity index (χ0n) is 14.3. The van der Waals surface area contributed by atoms with Gasteiger partial charge in [-0.1, -0.05) is 42.0 Å². The predicted octanol–water partition coefficient (Wildman–Crippen LogP) is 5.76. The Morgan fingerprint density at radius 3 is 2.65 bits per heavy atom. The second-order valence-corrected chi connectivity index (χ2v) is 6.60. The van der Waals surface area contributed by atoms with Gasteiger partial charge < -0.3 is 9.47 Å². The lowest BCUT2D eigenvalue weighted by atomic mass is 9.92. The summed E-state index contributed by atoms with van der Waals surface area (Å²) in [5.41, 5.74) is 2.22. The molecule has 0 spiro atoms. The maximum absolute atomic E-state index is 6.36. The lowest BCUT2D eigenvalue weighted by Crippen LogP contribution is -2.31. The molecule has 0 aromatic heterocycles. The zero-order chi connectivity index (χ0) is 16.4. The van der Waals surface area contributed by atoms with Gasteiger partial charge in [-0.2, -0.15) is 0 Å². The summed E-state index contributed by atoms with van der Waals surface area (Å²) >= 11 is 0. The van der Waals surface area contributed by atoms with Crippen LogP contribution in [0.15, 0.2) is 48.1 Å². The van der Waals surface area contributed by atoms with E-state index in [9.17, 15) is 0 Å². The first-order chi connectivity index (χ1) is 11.0. The molecule has 2 aromatic rings. The van der Waals surface area contributed by atoms with Crippen LogP contribution in [0.5, 0.6) is 11.5 Å². The molecule has 1 heterocycles. The summed E-state index contributed by atoms with van der Waals surface area (Å²) in [7, 11) is 1.71. The average Bonchev–Trinajstić information content (AvgIpc) is 2.53. The third-order valence-electron chi connectivity index (χ3n) is 4.37. The van der Waals surface area contributed by atoms with Crippen molar-refractivity contribution in [3.05, 3.63) is 53.6 Å². The fraction of sp³-hybridized carbons (Fsp3) is 0.333. The Morgan fingerprint density at radius 1 is 1.22 bits per heavy atom. The molecule has 0 fully saturated rings. The van der Waals surface area contributed by atoms with E-state index in [1.54, 1.807) is 7.11 Å². The number of allylic oxidation sites excluding steroid dienone is 2. The Balaban J connectivity index is 1.99. The molecule has 0 saturated carbocycles. The van der Waals surface area contributed by atoms with E-state index in [2.05, 4.69) is 57.2 Å². The highest BCUT2D eigenvalue weighted by molar-refractivity contribution is 5.97. The Morgan fingerprint density at radius 2 is 1.96 bits per heavy atom. The number of hydrogen-bond donors (Lipinski definition) is 0. The SMILES string of the molecule is COc1cc2c(c3ccccc13)C=CC(C)(CCC=C(C)C)O2. The third-order valence-corrected chi connectivity index (χ3v) is 4.37.